The molecule has 116 valence electrons. The van der Waals surface area contributed by atoms with Crippen molar-refractivity contribution in [3.8, 4) is 0 Å². The summed E-state index contributed by atoms with van der Waals surface area (Å²) in [6.45, 7) is 4.10. The second-order valence-corrected chi connectivity index (χ2v) is 4.38. The summed E-state index contributed by atoms with van der Waals surface area (Å²) in [6, 6.07) is 9.77. The van der Waals surface area contributed by atoms with Crippen LogP contribution in [0.4, 0.5) is 6.01 Å². The number of aromatic nitrogens is 2. The van der Waals surface area contributed by atoms with Crippen LogP contribution in [0.5, 0.6) is 0 Å². The Morgan fingerprint density at radius 2 is 2.00 bits per heavy atom. The average molecular weight is 313 g/mol. The van der Waals surface area contributed by atoms with Crippen molar-refractivity contribution in [3.63, 3.8) is 0 Å². The van der Waals surface area contributed by atoms with E-state index >= 15 is 0 Å². The molecule has 6 nitrogen and oxygen atoms in total. The second kappa shape index (κ2) is 8.61. The Balaban J connectivity index is 0.00000220. The van der Waals surface area contributed by atoms with E-state index in [0.717, 1.165) is 12.1 Å². The van der Waals surface area contributed by atoms with Gasteiger partial charge in [0, 0.05) is 20.2 Å². The van der Waals surface area contributed by atoms with Gasteiger partial charge in [-0.1, -0.05) is 35.4 Å². The van der Waals surface area contributed by atoms with Crippen LogP contribution >= 0.6 is 12.4 Å². The minimum absolute atomic E-state index is 0. The van der Waals surface area contributed by atoms with Gasteiger partial charge in [-0.3, -0.25) is 0 Å². The van der Waals surface area contributed by atoms with Gasteiger partial charge in [0.25, 0.3) is 0 Å². The normalized spacial score (nSPS) is 11.8. The number of benzene rings is 1. The van der Waals surface area contributed by atoms with Crippen molar-refractivity contribution in [2.75, 3.05) is 31.7 Å². The van der Waals surface area contributed by atoms with Crippen molar-refractivity contribution in [1.82, 2.24) is 10.2 Å². The second-order valence-electron chi connectivity index (χ2n) is 4.38. The highest BCUT2D eigenvalue weighted by atomic mass is 35.5. The summed E-state index contributed by atoms with van der Waals surface area (Å²) in [4.78, 5) is 1.96. The van der Waals surface area contributed by atoms with E-state index < -0.39 is 6.04 Å². The molecule has 0 unspecified atom stereocenters. The standard InChI is InChI=1S/C14H20N4O2.ClH/c1-3-18(9-10-19-2)14-17-16-13(20-14)12(15)11-7-5-4-6-8-11;/h4-8,12H,3,9-10,15H2,1-2H3;1H/t12-;/m1./s1. The molecule has 2 N–H and O–H groups in total. The van der Waals surface area contributed by atoms with Crippen LogP contribution in [0.3, 0.4) is 0 Å². The van der Waals surface area contributed by atoms with Gasteiger partial charge in [-0.15, -0.1) is 17.5 Å². The zero-order valence-electron chi connectivity index (χ0n) is 12.2. The van der Waals surface area contributed by atoms with E-state index in [1.165, 1.54) is 0 Å². The number of rotatable bonds is 7. The summed E-state index contributed by atoms with van der Waals surface area (Å²) in [6.07, 6.45) is 0. The lowest BCUT2D eigenvalue weighted by Crippen LogP contribution is -2.27. The van der Waals surface area contributed by atoms with Crippen LogP contribution in [0.1, 0.15) is 24.4 Å². The number of methoxy groups -OCH3 is 1. The predicted octanol–water partition coefficient (Wildman–Crippen LogP) is 2.01. The number of hydrogen-bond acceptors (Lipinski definition) is 6. The number of hydrogen-bond donors (Lipinski definition) is 1. The SMILES string of the molecule is CCN(CCOC)c1nnc([C@H](N)c2ccccc2)o1.Cl. The van der Waals surface area contributed by atoms with Crippen LogP contribution in [0.2, 0.25) is 0 Å². The van der Waals surface area contributed by atoms with Crippen molar-refractivity contribution in [2.24, 2.45) is 5.73 Å². The molecule has 1 aromatic carbocycles. The molecule has 0 fully saturated rings. The fraction of sp³-hybridized carbons (Fsp3) is 0.429. The van der Waals surface area contributed by atoms with Gasteiger partial charge in [0.15, 0.2) is 0 Å². The minimum atomic E-state index is -0.404. The first-order chi connectivity index (χ1) is 9.76. The molecule has 1 heterocycles. The number of likely N-dealkylation sites (N-methyl/N-ethyl adjacent to an activating group) is 1. The Kier molecular flexibility index (Phi) is 7.14. The monoisotopic (exact) mass is 312 g/mol. The van der Waals surface area contributed by atoms with Crippen LogP contribution in [0.25, 0.3) is 0 Å². The first-order valence-corrected chi connectivity index (χ1v) is 6.64. The lowest BCUT2D eigenvalue weighted by Gasteiger charge is -2.17. The van der Waals surface area contributed by atoms with Crippen molar-refractivity contribution >= 4 is 18.4 Å². The largest absolute Gasteiger partial charge is 0.406 e. The number of halogens is 1. The highest BCUT2D eigenvalue weighted by Crippen LogP contribution is 2.21. The molecule has 0 aliphatic heterocycles. The maximum absolute atomic E-state index is 6.13. The lowest BCUT2D eigenvalue weighted by molar-refractivity contribution is 0.204. The number of ether oxygens (including phenoxy) is 1. The van der Waals surface area contributed by atoms with Crippen molar-refractivity contribution in [2.45, 2.75) is 13.0 Å². The fourth-order valence-corrected chi connectivity index (χ4v) is 1.87. The van der Waals surface area contributed by atoms with Crippen molar-refractivity contribution < 1.29 is 9.15 Å². The van der Waals surface area contributed by atoms with Gasteiger partial charge in [0.2, 0.25) is 5.89 Å². The molecule has 1 atom stereocenters. The quantitative estimate of drug-likeness (QED) is 0.842. The molecule has 0 spiro atoms. The molecule has 0 aliphatic carbocycles. The topological polar surface area (TPSA) is 77.4 Å². The molecule has 0 saturated heterocycles. The highest BCUT2D eigenvalue weighted by molar-refractivity contribution is 5.85. The van der Waals surface area contributed by atoms with E-state index in [2.05, 4.69) is 10.2 Å². The van der Waals surface area contributed by atoms with Crippen LogP contribution in [0, 0.1) is 0 Å². The van der Waals surface area contributed by atoms with E-state index in [1.807, 2.05) is 42.2 Å². The van der Waals surface area contributed by atoms with Crippen LogP contribution in [0.15, 0.2) is 34.7 Å². The van der Waals surface area contributed by atoms with Gasteiger partial charge in [-0.25, -0.2) is 0 Å². The van der Waals surface area contributed by atoms with Gasteiger partial charge >= 0.3 is 6.01 Å². The first-order valence-electron chi connectivity index (χ1n) is 6.64. The lowest BCUT2D eigenvalue weighted by atomic mass is 10.1. The zero-order valence-corrected chi connectivity index (χ0v) is 13.0. The molecule has 7 heteroatoms. The molecule has 0 saturated carbocycles. The van der Waals surface area contributed by atoms with Gasteiger partial charge < -0.3 is 19.8 Å². The maximum Gasteiger partial charge on any atom is 0.318 e. The van der Waals surface area contributed by atoms with Crippen LogP contribution < -0.4 is 10.6 Å². The molecule has 0 aliphatic rings. The summed E-state index contributed by atoms with van der Waals surface area (Å²) in [7, 11) is 1.67. The predicted molar refractivity (Wildman–Crippen MR) is 83.8 cm³/mol. The minimum Gasteiger partial charge on any atom is -0.406 e. The molecule has 1 aromatic heterocycles. The Morgan fingerprint density at radius 1 is 1.29 bits per heavy atom. The van der Waals surface area contributed by atoms with Gasteiger partial charge in [0.1, 0.15) is 6.04 Å². The molecule has 2 rings (SSSR count). The third-order valence-corrected chi connectivity index (χ3v) is 3.07. The Morgan fingerprint density at radius 3 is 2.62 bits per heavy atom. The number of nitrogens with two attached hydrogens (primary N) is 1. The van der Waals surface area contributed by atoms with Crippen LogP contribution in [-0.4, -0.2) is 37.0 Å². The molecular weight excluding hydrogens is 292 g/mol. The van der Waals surface area contributed by atoms with Gasteiger partial charge in [0.05, 0.1) is 6.61 Å². The molecule has 2 aromatic rings. The van der Waals surface area contributed by atoms with E-state index in [-0.39, 0.29) is 12.4 Å². The Bertz CT molecular complexity index is 521. The maximum atomic E-state index is 6.13. The molecular formula is C14H21ClN4O2. The van der Waals surface area contributed by atoms with Crippen molar-refractivity contribution in [3.05, 3.63) is 41.8 Å². The third kappa shape index (κ3) is 4.42. The van der Waals surface area contributed by atoms with Crippen LogP contribution in [-0.2, 0) is 4.74 Å². The zero-order chi connectivity index (χ0) is 14.4. The fourth-order valence-electron chi connectivity index (χ4n) is 1.87. The van der Waals surface area contributed by atoms with Crippen molar-refractivity contribution in [1.29, 1.82) is 0 Å². The summed E-state index contributed by atoms with van der Waals surface area (Å²) in [5, 5.41) is 8.11. The molecule has 21 heavy (non-hydrogen) atoms. The summed E-state index contributed by atoms with van der Waals surface area (Å²) in [5.41, 5.74) is 7.08. The van der Waals surface area contributed by atoms with Gasteiger partial charge in [-0.05, 0) is 12.5 Å². The molecule has 0 bridgehead atoms. The third-order valence-electron chi connectivity index (χ3n) is 3.07. The molecule has 0 radical (unpaired) electrons. The average Bonchev–Trinajstić information content (AvgIpc) is 2.98. The highest BCUT2D eigenvalue weighted by Gasteiger charge is 2.18. The van der Waals surface area contributed by atoms with E-state index in [9.17, 15) is 0 Å². The summed E-state index contributed by atoms with van der Waals surface area (Å²) in [5.74, 6) is 0.419. The number of anilines is 1. The summed E-state index contributed by atoms with van der Waals surface area (Å²) >= 11 is 0. The van der Waals surface area contributed by atoms with E-state index in [1.54, 1.807) is 7.11 Å². The molecule has 0 amide bonds. The van der Waals surface area contributed by atoms with Gasteiger partial charge in [-0.2, -0.15) is 0 Å². The Labute approximate surface area is 130 Å². The first kappa shape index (κ1) is 17.4. The van der Waals surface area contributed by atoms with E-state index in [0.29, 0.717) is 25.1 Å². The number of nitrogens with zero attached hydrogens (tertiary/aromatic N) is 3. The smallest absolute Gasteiger partial charge is 0.318 e. The Hall–Kier alpha value is -1.63. The summed E-state index contributed by atoms with van der Waals surface area (Å²) < 4.78 is 10.7. The van der Waals surface area contributed by atoms with E-state index in [4.69, 9.17) is 14.9 Å².